The van der Waals surface area contributed by atoms with Crippen LogP contribution in [0.1, 0.15) is 42.3 Å². The molecule has 182 valence electrons. The first-order valence-corrected chi connectivity index (χ1v) is 13.1. The van der Waals surface area contributed by atoms with Gasteiger partial charge in [-0.2, -0.15) is 0 Å². The van der Waals surface area contributed by atoms with E-state index < -0.39 is 7.82 Å². The number of aliphatic imine (C=N–C) groups is 1. The van der Waals surface area contributed by atoms with Crippen LogP contribution in [-0.4, -0.2) is 29.5 Å². The molecule has 0 aliphatic rings. The van der Waals surface area contributed by atoms with Gasteiger partial charge in [-0.05, 0) is 60.5 Å². The van der Waals surface area contributed by atoms with Gasteiger partial charge < -0.3 is 14.8 Å². The number of nitrogens with two attached hydrogens (primary N) is 1. The van der Waals surface area contributed by atoms with Crippen molar-refractivity contribution in [3.05, 3.63) is 58.9 Å². The predicted octanol–water partition coefficient (Wildman–Crippen LogP) is 4.94. The van der Waals surface area contributed by atoms with Gasteiger partial charge in [0.1, 0.15) is 17.1 Å². The van der Waals surface area contributed by atoms with E-state index >= 15 is 0 Å². The normalized spacial score (nSPS) is 11.7. The first kappa shape index (κ1) is 25.0. The van der Waals surface area contributed by atoms with Gasteiger partial charge in [0.05, 0.1) is 22.7 Å². The summed E-state index contributed by atoms with van der Waals surface area (Å²) in [6, 6.07) is 11.1. The van der Waals surface area contributed by atoms with E-state index in [1.54, 1.807) is 19.1 Å². The van der Waals surface area contributed by atoms with Crippen molar-refractivity contribution in [3.8, 4) is 5.75 Å². The standard InChI is InChI=1S/C24H26N5O4PS/c1-3-4-5-21-28-22-23(18-11-16(12-26-14-35)6-8-19(18)27-24(22)25)29(21)13-17-7-9-20(15(2)10-17)33-34(30,31)32/h6-11H,3-5,12-13H2,1-2H3,(H2,25,27)(H2,30,31,32). The van der Waals surface area contributed by atoms with Crippen molar-refractivity contribution < 1.29 is 18.9 Å². The molecule has 0 amide bonds. The van der Waals surface area contributed by atoms with E-state index in [1.807, 2.05) is 24.3 Å². The Morgan fingerprint density at radius 1 is 1.20 bits per heavy atom. The van der Waals surface area contributed by atoms with Gasteiger partial charge in [0.25, 0.3) is 0 Å². The van der Waals surface area contributed by atoms with E-state index in [4.69, 9.17) is 37.2 Å². The number of benzene rings is 2. The van der Waals surface area contributed by atoms with Gasteiger partial charge in [-0.1, -0.05) is 31.5 Å². The number of nitrogens with zero attached hydrogens (tertiary/aromatic N) is 4. The van der Waals surface area contributed by atoms with Crippen molar-refractivity contribution in [2.45, 2.75) is 46.2 Å². The molecule has 0 aliphatic heterocycles. The van der Waals surface area contributed by atoms with Crippen molar-refractivity contribution in [1.82, 2.24) is 14.5 Å². The first-order valence-electron chi connectivity index (χ1n) is 11.2. The highest BCUT2D eigenvalue weighted by molar-refractivity contribution is 7.78. The molecule has 0 atom stereocenters. The van der Waals surface area contributed by atoms with Crippen LogP contribution in [-0.2, 0) is 24.1 Å². The Morgan fingerprint density at radius 2 is 1.97 bits per heavy atom. The Bertz CT molecular complexity index is 1510. The van der Waals surface area contributed by atoms with E-state index in [0.29, 0.717) is 30.0 Å². The van der Waals surface area contributed by atoms with Gasteiger partial charge >= 0.3 is 7.82 Å². The molecule has 0 spiro atoms. The number of aromatic nitrogens is 3. The van der Waals surface area contributed by atoms with Gasteiger partial charge in [0.2, 0.25) is 0 Å². The van der Waals surface area contributed by atoms with Gasteiger partial charge in [0, 0.05) is 18.4 Å². The second-order valence-corrected chi connectivity index (χ2v) is 9.70. The molecule has 9 nitrogen and oxygen atoms in total. The van der Waals surface area contributed by atoms with Crippen LogP contribution in [0, 0.1) is 6.92 Å². The summed E-state index contributed by atoms with van der Waals surface area (Å²) in [5.41, 5.74) is 11.2. The third-order valence-corrected chi connectivity index (χ3v) is 6.29. The molecular formula is C24H26N5O4PS. The Kier molecular flexibility index (Phi) is 7.31. The number of isothiocyanates is 1. The van der Waals surface area contributed by atoms with Crippen LogP contribution in [0.25, 0.3) is 21.9 Å². The van der Waals surface area contributed by atoms with E-state index in [1.165, 1.54) is 0 Å². The van der Waals surface area contributed by atoms with Crippen molar-refractivity contribution >= 4 is 53.0 Å². The Balaban J connectivity index is 1.88. The predicted molar refractivity (Wildman–Crippen MR) is 140 cm³/mol. The first-order chi connectivity index (χ1) is 16.7. The molecule has 4 aromatic rings. The average Bonchev–Trinajstić information content (AvgIpc) is 3.16. The molecule has 2 heterocycles. The molecule has 2 aromatic heterocycles. The summed E-state index contributed by atoms with van der Waals surface area (Å²) in [4.78, 5) is 31.8. The van der Waals surface area contributed by atoms with Crippen LogP contribution in [0.4, 0.5) is 5.82 Å². The SMILES string of the molecule is CCCCc1nc2c(N)nc3ccc(CN=C=S)cc3c2n1Cc1ccc(OP(=O)(O)O)c(C)c1. The summed E-state index contributed by atoms with van der Waals surface area (Å²) in [7, 11) is -4.64. The number of fused-ring (bicyclic) bond motifs is 3. The third kappa shape index (κ3) is 5.59. The molecule has 35 heavy (non-hydrogen) atoms. The number of hydrogen-bond acceptors (Lipinski definition) is 7. The minimum Gasteiger partial charge on any atom is -0.404 e. The highest BCUT2D eigenvalue weighted by atomic mass is 32.1. The molecule has 2 aromatic carbocycles. The Morgan fingerprint density at radius 3 is 2.66 bits per heavy atom. The molecule has 0 saturated heterocycles. The number of phosphoric ester groups is 1. The molecule has 0 radical (unpaired) electrons. The summed E-state index contributed by atoms with van der Waals surface area (Å²) in [5, 5.41) is 3.32. The molecule has 0 aliphatic carbocycles. The minimum absolute atomic E-state index is 0.145. The number of phosphoric acid groups is 1. The van der Waals surface area contributed by atoms with Crippen molar-refractivity contribution in [1.29, 1.82) is 0 Å². The maximum atomic E-state index is 11.3. The quantitative estimate of drug-likeness (QED) is 0.163. The number of nitrogen functional groups attached to an aromatic ring is 1. The van der Waals surface area contributed by atoms with Gasteiger partial charge in [-0.3, -0.25) is 9.79 Å². The lowest BCUT2D eigenvalue weighted by Gasteiger charge is -2.14. The van der Waals surface area contributed by atoms with Crippen molar-refractivity contribution in [2.75, 3.05) is 5.73 Å². The summed E-state index contributed by atoms with van der Waals surface area (Å²) in [6.07, 6.45) is 2.77. The van der Waals surface area contributed by atoms with Crippen molar-refractivity contribution in [3.63, 3.8) is 0 Å². The van der Waals surface area contributed by atoms with Gasteiger partial charge in [-0.15, -0.1) is 0 Å². The molecule has 11 heteroatoms. The Labute approximate surface area is 207 Å². The van der Waals surface area contributed by atoms with Crippen LogP contribution in [0.15, 0.2) is 41.4 Å². The molecule has 0 unspecified atom stereocenters. The van der Waals surface area contributed by atoms with Gasteiger partial charge in [-0.25, -0.2) is 19.5 Å². The van der Waals surface area contributed by atoms with Crippen LogP contribution < -0.4 is 10.3 Å². The lowest BCUT2D eigenvalue weighted by molar-refractivity contribution is 0.282. The number of anilines is 1. The van der Waals surface area contributed by atoms with E-state index in [2.05, 4.69) is 26.6 Å². The lowest BCUT2D eigenvalue weighted by atomic mass is 10.1. The monoisotopic (exact) mass is 511 g/mol. The van der Waals surface area contributed by atoms with Crippen molar-refractivity contribution in [2.24, 2.45) is 4.99 Å². The zero-order chi connectivity index (χ0) is 25.2. The molecule has 4 N–H and O–H groups in total. The number of hydrogen-bond donors (Lipinski definition) is 3. The number of aryl methyl sites for hydroxylation is 2. The van der Waals surface area contributed by atoms with Crippen LogP contribution in [0.2, 0.25) is 0 Å². The zero-order valence-electron chi connectivity index (χ0n) is 19.4. The highest BCUT2D eigenvalue weighted by Crippen LogP contribution is 2.39. The fourth-order valence-electron chi connectivity index (χ4n) is 4.14. The second kappa shape index (κ2) is 10.2. The second-order valence-electron chi connectivity index (χ2n) is 8.35. The molecule has 0 fully saturated rings. The fraction of sp³-hybridized carbons (Fsp3) is 0.292. The maximum absolute atomic E-state index is 11.3. The molecule has 4 rings (SSSR count). The number of thiocarbonyl (C=S) groups is 1. The number of imidazole rings is 1. The summed E-state index contributed by atoms with van der Waals surface area (Å²) in [6.45, 7) is 4.79. The van der Waals surface area contributed by atoms with Gasteiger partial charge in [0.15, 0.2) is 5.82 Å². The van der Waals surface area contributed by atoms with Crippen LogP contribution >= 0.6 is 20.0 Å². The largest absolute Gasteiger partial charge is 0.524 e. The molecule has 0 saturated carbocycles. The Hall–Kier alpha value is -3.13. The molecular weight excluding hydrogens is 485 g/mol. The van der Waals surface area contributed by atoms with E-state index in [0.717, 1.165) is 52.6 Å². The molecule has 0 bridgehead atoms. The summed E-state index contributed by atoms with van der Waals surface area (Å²) >= 11 is 4.72. The average molecular weight is 512 g/mol. The zero-order valence-corrected chi connectivity index (χ0v) is 21.1. The third-order valence-electron chi connectivity index (χ3n) is 5.72. The summed E-state index contributed by atoms with van der Waals surface area (Å²) < 4.78 is 18.2. The maximum Gasteiger partial charge on any atom is 0.524 e. The fourth-order valence-corrected chi connectivity index (χ4v) is 4.67. The smallest absolute Gasteiger partial charge is 0.404 e. The highest BCUT2D eigenvalue weighted by Gasteiger charge is 2.20. The summed E-state index contributed by atoms with van der Waals surface area (Å²) in [5.74, 6) is 1.42. The minimum atomic E-state index is -4.64. The van der Waals surface area contributed by atoms with Crippen LogP contribution in [0.5, 0.6) is 5.75 Å². The van der Waals surface area contributed by atoms with E-state index in [-0.39, 0.29) is 5.75 Å². The number of rotatable bonds is 9. The topological polar surface area (TPSA) is 136 Å². The number of unbranched alkanes of at least 4 members (excludes halogenated alkanes) is 1. The number of pyridine rings is 1. The lowest BCUT2D eigenvalue weighted by Crippen LogP contribution is -2.06. The van der Waals surface area contributed by atoms with Crippen LogP contribution in [0.3, 0.4) is 0 Å². The van der Waals surface area contributed by atoms with E-state index in [9.17, 15) is 4.57 Å².